The van der Waals surface area contributed by atoms with Gasteiger partial charge in [0.05, 0.1) is 0 Å². The summed E-state index contributed by atoms with van der Waals surface area (Å²) in [5, 5.41) is 5.22. The Hall–Kier alpha value is -4.12. The lowest BCUT2D eigenvalue weighted by Gasteiger charge is -2.19. The van der Waals surface area contributed by atoms with E-state index in [0.29, 0.717) is 5.92 Å². The van der Waals surface area contributed by atoms with Crippen molar-refractivity contribution in [2.24, 2.45) is 0 Å². The maximum Gasteiger partial charge on any atom is 0.0355 e. The van der Waals surface area contributed by atoms with Gasteiger partial charge in [0.1, 0.15) is 0 Å². The van der Waals surface area contributed by atoms with Gasteiger partial charge in [-0.2, -0.15) is 0 Å². The topological polar surface area (TPSA) is 0 Å². The Morgan fingerprint density at radius 2 is 1.51 bits per heavy atom. The highest BCUT2D eigenvalue weighted by molar-refractivity contribution is 7.25. The smallest absolute Gasteiger partial charge is 0.0355 e. The van der Waals surface area contributed by atoms with Gasteiger partial charge in [0.15, 0.2) is 0 Å². The average molecular weight is 463 g/mol. The fourth-order valence-corrected chi connectivity index (χ4v) is 6.33. The minimum Gasteiger partial charge on any atom is -0.135 e. The zero-order valence-corrected chi connectivity index (χ0v) is 20.0. The summed E-state index contributed by atoms with van der Waals surface area (Å²) < 4.78 is 2.65. The van der Waals surface area contributed by atoms with Crippen LogP contribution in [0, 0.1) is 0 Å². The lowest BCUT2D eigenvalue weighted by Crippen LogP contribution is -1.99. The van der Waals surface area contributed by atoms with Gasteiger partial charge in [-0.3, -0.25) is 0 Å². The lowest BCUT2D eigenvalue weighted by molar-refractivity contribution is 0.857. The molecule has 0 radical (unpaired) electrons. The van der Waals surface area contributed by atoms with E-state index in [-0.39, 0.29) is 0 Å². The second-order valence-corrected chi connectivity index (χ2v) is 10.3. The van der Waals surface area contributed by atoms with Crippen molar-refractivity contribution in [1.29, 1.82) is 0 Å². The third kappa shape index (κ3) is 3.55. The summed E-state index contributed by atoms with van der Waals surface area (Å²) >= 11 is 1.87. The first-order valence-electron chi connectivity index (χ1n) is 12.0. The number of thiophene rings is 1. The zero-order chi connectivity index (χ0) is 23.2. The molecule has 7 rings (SSSR count). The lowest BCUT2D eigenvalue weighted by atomic mass is 9.84. The third-order valence-electron chi connectivity index (χ3n) is 7.04. The van der Waals surface area contributed by atoms with E-state index in [2.05, 4.69) is 115 Å². The van der Waals surface area contributed by atoms with Crippen molar-refractivity contribution in [1.82, 2.24) is 0 Å². The van der Waals surface area contributed by atoms with E-state index in [1.165, 1.54) is 53.2 Å². The summed E-state index contributed by atoms with van der Waals surface area (Å²) in [4.78, 5) is 0. The second kappa shape index (κ2) is 8.27. The molecule has 0 nitrogen and oxygen atoms in total. The molecule has 0 aliphatic heterocycles. The Morgan fingerprint density at radius 1 is 0.743 bits per heavy atom. The summed E-state index contributed by atoms with van der Waals surface area (Å²) in [5.41, 5.74) is 12.6. The molecule has 0 N–H and O–H groups in total. The monoisotopic (exact) mass is 462 g/mol. The molecule has 2 aliphatic rings. The summed E-state index contributed by atoms with van der Waals surface area (Å²) in [5.74, 6) is 0.394. The van der Waals surface area contributed by atoms with Crippen molar-refractivity contribution in [3.05, 3.63) is 138 Å². The van der Waals surface area contributed by atoms with Crippen LogP contribution in [-0.2, 0) is 0 Å². The highest BCUT2D eigenvalue weighted by Gasteiger charge is 2.17. The molecule has 0 spiro atoms. The molecular formula is C34H22S. The molecule has 35 heavy (non-hydrogen) atoms. The molecule has 1 heterocycles. The maximum absolute atomic E-state index is 3.25. The molecule has 1 unspecified atom stereocenters. The van der Waals surface area contributed by atoms with Crippen LogP contribution in [0.5, 0.6) is 0 Å². The minimum atomic E-state index is 0.394. The molecule has 4 aromatic carbocycles. The summed E-state index contributed by atoms with van der Waals surface area (Å²) in [6, 6.07) is 27.2. The van der Waals surface area contributed by atoms with Crippen LogP contribution in [0.1, 0.15) is 23.5 Å². The number of allylic oxidation sites excluding steroid dienone is 8. The number of benzene rings is 4. The molecule has 0 fully saturated rings. The van der Waals surface area contributed by atoms with E-state index in [1.807, 2.05) is 23.5 Å². The van der Waals surface area contributed by atoms with Crippen LogP contribution < -0.4 is 0 Å². The molecule has 0 amide bonds. The van der Waals surface area contributed by atoms with Crippen LogP contribution in [0.15, 0.2) is 127 Å². The molecule has 1 atom stereocenters. The molecule has 1 aromatic heterocycles. The predicted octanol–water partition coefficient (Wildman–Crippen LogP) is 9.74. The Balaban J connectivity index is 1.45. The van der Waals surface area contributed by atoms with Crippen molar-refractivity contribution in [2.45, 2.75) is 12.3 Å². The van der Waals surface area contributed by atoms with Gasteiger partial charge in [0, 0.05) is 31.7 Å². The number of fused-ring (bicyclic) bond motifs is 4. The summed E-state index contributed by atoms with van der Waals surface area (Å²) in [6.07, 6.45) is 16.0. The third-order valence-corrected chi connectivity index (χ3v) is 8.19. The van der Waals surface area contributed by atoms with Crippen LogP contribution in [0.3, 0.4) is 0 Å². The van der Waals surface area contributed by atoms with Gasteiger partial charge in [-0.15, -0.1) is 11.3 Å². The van der Waals surface area contributed by atoms with Gasteiger partial charge in [0.2, 0.25) is 0 Å². The fraction of sp³-hybridized carbons (Fsp3) is 0.0588. The molecule has 164 valence electrons. The van der Waals surface area contributed by atoms with Gasteiger partial charge in [0.25, 0.3) is 0 Å². The molecule has 2 aliphatic carbocycles. The molecule has 5 aromatic rings. The molecule has 0 saturated carbocycles. The molecular weight excluding hydrogens is 440 g/mol. The van der Waals surface area contributed by atoms with Gasteiger partial charge < -0.3 is 0 Å². The van der Waals surface area contributed by atoms with E-state index in [0.717, 1.165) is 12.0 Å². The van der Waals surface area contributed by atoms with Crippen LogP contribution in [-0.4, -0.2) is 0 Å². The quantitative estimate of drug-likeness (QED) is 0.234. The molecule has 0 bridgehead atoms. The molecule has 1 heteroatoms. The van der Waals surface area contributed by atoms with Gasteiger partial charge >= 0.3 is 0 Å². The van der Waals surface area contributed by atoms with Crippen molar-refractivity contribution in [2.75, 3.05) is 0 Å². The van der Waals surface area contributed by atoms with Crippen LogP contribution in [0.2, 0.25) is 0 Å². The van der Waals surface area contributed by atoms with Gasteiger partial charge in [-0.05, 0) is 88.0 Å². The fourth-order valence-electron chi connectivity index (χ4n) is 5.26. The van der Waals surface area contributed by atoms with Crippen molar-refractivity contribution >= 4 is 47.9 Å². The number of rotatable bonds is 3. The Bertz CT molecular complexity index is 1840. The van der Waals surface area contributed by atoms with E-state index >= 15 is 0 Å². The maximum atomic E-state index is 3.25. The Morgan fingerprint density at radius 3 is 2.26 bits per heavy atom. The highest BCUT2D eigenvalue weighted by Crippen LogP contribution is 2.41. The van der Waals surface area contributed by atoms with Crippen molar-refractivity contribution in [3.63, 3.8) is 0 Å². The highest BCUT2D eigenvalue weighted by atomic mass is 32.1. The van der Waals surface area contributed by atoms with Crippen molar-refractivity contribution < 1.29 is 0 Å². The van der Waals surface area contributed by atoms with Crippen LogP contribution >= 0.6 is 11.3 Å². The predicted molar refractivity (Wildman–Crippen MR) is 152 cm³/mol. The number of hydrogen-bond donors (Lipinski definition) is 0. The largest absolute Gasteiger partial charge is 0.135 e. The molecule has 0 saturated heterocycles. The standard InChI is InChI=1S/C34H22S/c1-3-9-23(10-4-1)27-15-17-33-31(21-27)32-22-28(16-18-34(32)35-33)30-20-26-14-8-7-13-25(26)19-29(30)24-11-5-2-6-12-24/h1-3,5-9,11,13-22,24H,12H2. The number of hydrogen-bond acceptors (Lipinski definition) is 1. The summed E-state index contributed by atoms with van der Waals surface area (Å²) in [6.45, 7) is 0. The van der Waals surface area contributed by atoms with Crippen molar-refractivity contribution in [3.8, 4) is 11.1 Å². The Kier molecular flexibility index (Phi) is 4.79. The van der Waals surface area contributed by atoms with E-state index in [4.69, 9.17) is 0 Å². The SMILES string of the molecule is C1=C=C(c2ccc3sc4ccc(-c5cc6ccccc6cc5C5C=CC=CC5)cc4c3c2)C=CC=1. The first kappa shape index (κ1) is 20.3. The first-order chi connectivity index (χ1) is 17.3. The van der Waals surface area contributed by atoms with Gasteiger partial charge in [-0.25, -0.2) is 0 Å². The minimum absolute atomic E-state index is 0.394. The summed E-state index contributed by atoms with van der Waals surface area (Å²) in [7, 11) is 0. The normalized spacial score (nSPS) is 16.6. The average Bonchev–Trinajstić information content (AvgIpc) is 3.30. The van der Waals surface area contributed by atoms with E-state index in [9.17, 15) is 0 Å². The first-order valence-corrected chi connectivity index (χ1v) is 12.9. The van der Waals surface area contributed by atoms with E-state index < -0.39 is 0 Å². The van der Waals surface area contributed by atoms with Crippen LogP contribution in [0.25, 0.3) is 47.6 Å². The van der Waals surface area contributed by atoms with Gasteiger partial charge in [-0.1, -0.05) is 78.2 Å². The Labute approximate surface area is 208 Å². The van der Waals surface area contributed by atoms with Crippen LogP contribution in [0.4, 0.5) is 0 Å². The second-order valence-electron chi connectivity index (χ2n) is 9.17. The zero-order valence-electron chi connectivity index (χ0n) is 19.2. The van der Waals surface area contributed by atoms with E-state index in [1.54, 1.807) is 0 Å².